The normalized spacial score (nSPS) is 15.6. The SMILES string of the molecule is CCNC(=NCc1ccc(S(N)(=O)=O)s1)NC1CC=CC1.I. The molecular formula is C13H21IN4O2S2. The monoisotopic (exact) mass is 456 g/mol. The van der Waals surface area contributed by atoms with Gasteiger partial charge in [0.15, 0.2) is 5.96 Å². The van der Waals surface area contributed by atoms with Crippen molar-refractivity contribution < 1.29 is 8.42 Å². The molecule has 6 nitrogen and oxygen atoms in total. The first-order valence-corrected chi connectivity index (χ1v) is 9.16. The van der Waals surface area contributed by atoms with Crippen LogP contribution in [0, 0.1) is 0 Å². The predicted molar refractivity (Wildman–Crippen MR) is 101 cm³/mol. The summed E-state index contributed by atoms with van der Waals surface area (Å²) >= 11 is 1.15. The van der Waals surface area contributed by atoms with E-state index in [1.54, 1.807) is 6.07 Å². The summed E-state index contributed by atoms with van der Waals surface area (Å²) in [5, 5.41) is 11.6. The number of hydrogen-bond acceptors (Lipinski definition) is 4. The summed E-state index contributed by atoms with van der Waals surface area (Å²) < 4.78 is 22.6. The van der Waals surface area contributed by atoms with Gasteiger partial charge in [0.1, 0.15) is 4.21 Å². The van der Waals surface area contributed by atoms with Gasteiger partial charge in [-0.05, 0) is 31.9 Å². The fourth-order valence-corrected chi connectivity index (χ4v) is 3.70. The maximum Gasteiger partial charge on any atom is 0.247 e. The average molecular weight is 456 g/mol. The summed E-state index contributed by atoms with van der Waals surface area (Å²) in [6, 6.07) is 3.65. The van der Waals surface area contributed by atoms with Crippen molar-refractivity contribution >= 4 is 51.3 Å². The Morgan fingerprint density at radius 2 is 2.09 bits per heavy atom. The van der Waals surface area contributed by atoms with Gasteiger partial charge in [-0.1, -0.05) is 12.2 Å². The molecule has 22 heavy (non-hydrogen) atoms. The molecule has 0 bridgehead atoms. The molecule has 0 aliphatic heterocycles. The summed E-state index contributed by atoms with van der Waals surface area (Å²) in [7, 11) is -3.62. The molecule has 0 aromatic carbocycles. The fourth-order valence-electron chi connectivity index (χ4n) is 2.00. The summed E-state index contributed by atoms with van der Waals surface area (Å²) in [6.45, 7) is 3.21. The van der Waals surface area contributed by atoms with Crippen molar-refractivity contribution in [1.82, 2.24) is 10.6 Å². The van der Waals surface area contributed by atoms with Crippen molar-refractivity contribution in [2.75, 3.05) is 6.54 Å². The Labute approximate surface area is 152 Å². The molecule has 4 N–H and O–H groups in total. The molecule has 0 amide bonds. The lowest BCUT2D eigenvalue weighted by Crippen LogP contribution is -2.42. The molecular weight excluding hydrogens is 435 g/mol. The van der Waals surface area contributed by atoms with Gasteiger partial charge in [0.2, 0.25) is 10.0 Å². The largest absolute Gasteiger partial charge is 0.357 e. The van der Waals surface area contributed by atoms with Crippen molar-refractivity contribution in [3.63, 3.8) is 0 Å². The van der Waals surface area contributed by atoms with Gasteiger partial charge in [-0.15, -0.1) is 35.3 Å². The number of rotatable bonds is 5. The molecule has 0 fully saturated rings. The predicted octanol–water partition coefficient (Wildman–Crippen LogP) is 1.79. The molecule has 0 atom stereocenters. The molecule has 1 heterocycles. The Kier molecular flexibility index (Phi) is 7.80. The van der Waals surface area contributed by atoms with E-state index in [2.05, 4.69) is 27.8 Å². The van der Waals surface area contributed by atoms with Gasteiger partial charge < -0.3 is 10.6 Å². The molecule has 1 aliphatic carbocycles. The van der Waals surface area contributed by atoms with E-state index in [1.165, 1.54) is 6.07 Å². The fraction of sp³-hybridized carbons (Fsp3) is 0.462. The van der Waals surface area contributed by atoms with Crippen LogP contribution in [0.1, 0.15) is 24.6 Å². The van der Waals surface area contributed by atoms with E-state index >= 15 is 0 Å². The number of sulfonamides is 1. The highest BCUT2D eigenvalue weighted by Crippen LogP contribution is 2.20. The van der Waals surface area contributed by atoms with E-state index in [1.807, 2.05) is 6.92 Å². The maximum atomic E-state index is 11.2. The first-order valence-electron chi connectivity index (χ1n) is 6.80. The zero-order valence-corrected chi connectivity index (χ0v) is 16.2. The molecule has 124 valence electrons. The third-order valence-corrected chi connectivity index (χ3v) is 5.51. The number of nitrogens with one attached hydrogen (secondary N) is 2. The Morgan fingerprint density at radius 3 is 2.64 bits per heavy atom. The second-order valence-electron chi connectivity index (χ2n) is 4.74. The lowest BCUT2D eigenvalue weighted by Gasteiger charge is -2.16. The molecule has 1 aliphatic rings. The molecule has 1 aromatic rings. The van der Waals surface area contributed by atoms with Gasteiger partial charge in [-0.25, -0.2) is 18.5 Å². The number of hydrogen-bond donors (Lipinski definition) is 3. The summed E-state index contributed by atoms with van der Waals surface area (Å²) in [5.41, 5.74) is 0. The Balaban J connectivity index is 0.00000242. The lowest BCUT2D eigenvalue weighted by molar-refractivity contribution is 0.600. The second-order valence-corrected chi connectivity index (χ2v) is 7.70. The van der Waals surface area contributed by atoms with Crippen LogP contribution >= 0.6 is 35.3 Å². The van der Waals surface area contributed by atoms with E-state index < -0.39 is 10.0 Å². The number of aliphatic imine (C=N–C) groups is 1. The number of halogens is 1. The number of primary sulfonamides is 1. The van der Waals surface area contributed by atoms with Gasteiger partial charge in [-0.3, -0.25) is 0 Å². The van der Waals surface area contributed by atoms with Crippen LogP contribution in [0.25, 0.3) is 0 Å². The molecule has 1 aromatic heterocycles. The van der Waals surface area contributed by atoms with Crippen LogP contribution in [0.4, 0.5) is 0 Å². The molecule has 9 heteroatoms. The van der Waals surface area contributed by atoms with Crippen LogP contribution in [0.15, 0.2) is 33.5 Å². The second kappa shape index (κ2) is 8.85. The minimum atomic E-state index is -3.62. The zero-order valence-electron chi connectivity index (χ0n) is 12.3. The molecule has 2 rings (SSSR count). The molecule has 0 radical (unpaired) electrons. The lowest BCUT2D eigenvalue weighted by atomic mass is 10.2. The minimum Gasteiger partial charge on any atom is -0.357 e. The van der Waals surface area contributed by atoms with Crippen molar-refractivity contribution in [3.8, 4) is 0 Å². The van der Waals surface area contributed by atoms with Crippen LogP contribution in [0.5, 0.6) is 0 Å². The van der Waals surface area contributed by atoms with Crippen molar-refractivity contribution in [2.45, 2.75) is 36.6 Å². The highest BCUT2D eigenvalue weighted by molar-refractivity contribution is 14.0. The van der Waals surface area contributed by atoms with Gasteiger partial charge >= 0.3 is 0 Å². The third kappa shape index (κ3) is 5.86. The zero-order chi connectivity index (χ0) is 15.3. The summed E-state index contributed by atoms with van der Waals surface area (Å²) in [4.78, 5) is 5.35. The number of nitrogens with zero attached hydrogens (tertiary/aromatic N) is 1. The van der Waals surface area contributed by atoms with Crippen LogP contribution in [0.3, 0.4) is 0 Å². The third-order valence-electron chi connectivity index (χ3n) is 3.00. The van der Waals surface area contributed by atoms with Crippen LogP contribution in [-0.2, 0) is 16.6 Å². The van der Waals surface area contributed by atoms with E-state index in [0.717, 1.165) is 41.6 Å². The molecule has 0 saturated heterocycles. The standard InChI is InChI=1S/C13H20N4O2S2.HI/c1-2-15-13(17-10-5-3-4-6-10)16-9-11-7-8-12(20-11)21(14,18)19;/h3-4,7-8,10H,2,5-6,9H2,1H3,(H2,14,18,19)(H2,15,16,17);1H. The number of nitrogens with two attached hydrogens (primary N) is 1. The van der Waals surface area contributed by atoms with Gasteiger partial charge in [0.05, 0.1) is 6.54 Å². The van der Waals surface area contributed by atoms with Crippen molar-refractivity contribution in [3.05, 3.63) is 29.2 Å². The summed E-state index contributed by atoms with van der Waals surface area (Å²) in [5.74, 6) is 0.747. The Hall–Kier alpha value is -0.650. The Bertz CT molecular complexity index is 632. The van der Waals surface area contributed by atoms with Gasteiger partial charge in [0, 0.05) is 17.5 Å². The highest BCUT2D eigenvalue weighted by atomic mass is 127. The Morgan fingerprint density at radius 1 is 1.41 bits per heavy atom. The van der Waals surface area contributed by atoms with Gasteiger partial charge in [0.25, 0.3) is 0 Å². The minimum absolute atomic E-state index is 0. The summed E-state index contributed by atoms with van der Waals surface area (Å²) in [6.07, 6.45) is 6.30. The quantitative estimate of drug-likeness (QED) is 0.273. The van der Waals surface area contributed by atoms with E-state index in [9.17, 15) is 8.42 Å². The van der Waals surface area contributed by atoms with Crippen molar-refractivity contribution in [1.29, 1.82) is 0 Å². The topological polar surface area (TPSA) is 96.6 Å². The van der Waals surface area contributed by atoms with E-state index in [0.29, 0.717) is 12.6 Å². The maximum absolute atomic E-state index is 11.2. The van der Waals surface area contributed by atoms with Crippen LogP contribution in [-0.4, -0.2) is 27.0 Å². The average Bonchev–Trinajstić information content (AvgIpc) is 3.06. The molecule has 0 spiro atoms. The van der Waals surface area contributed by atoms with Crippen molar-refractivity contribution in [2.24, 2.45) is 10.1 Å². The molecule has 0 unspecified atom stereocenters. The van der Waals surface area contributed by atoms with Crippen LogP contribution in [0.2, 0.25) is 0 Å². The smallest absolute Gasteiger partial charge is 0.247 e. The first kappa shape index (κ1) is 19.4. The number of thiophene rings is 1. The highest BCUT2D eigenvalue weighted by Gasteiger charge is 2.13. The van der Waals surface area contributed by atoms with Crippen LogP contribution < -0.4 is 15.8 Å². The van der Waals surface area contributed by atoms with E-state index in [-0.39, 0.29) is 28.2 Å². The van der Waals surface area contributed by atoms with Gasteiger partial charge in [-0.2, -0.15) is 0 Å². The van der Waals surface area contributed by atoms with E-state index in [4.69, 9.17) is 5.14 Å². The molecule has 0 saturated carbocycles. The number of guanidine groups is 1. The first-order chi connectivity index (χ1) is 9.99.